The van der Waals surface area contributed by atoms with E-state index >= 15 is 0 Å². The molecular weight excluding hydrogens is 288 g/mol. The Morgan fingerprint density at radius 3 is 2.87 bits per heavy atom. The van der Waals surface area contributed by atoms with E-state index in [9.17, 15) is 0 Å². The highest BCUT2D eigenvalue weighted by Gasteiger charge is 2.27. The van der Waals surface area contributed by atoms with Crippen LogP contribution in [0.3, 0.4) is 0 Å². The molecule has 2 aromatic rings. The molecule has 5 heteroatoms. The van der Waals surface area contributed by atoms with Crippen LogP contribution < -0.4 is 0 Å². The minimum atomic E-state index is 0.564. The van der Waals surface area contributed by atoms with Crippen LogP contribution in [0.25, 0.3) is 11.2 Å². The van der Waals surface area contributed by atoms with Gasteiger partial charge in [-0.2, -0.15) is 0 Å². The maximum Gasteiger partial charge on any atom is 0.160 e. The smallest absolute Gasteiger partial charge is 0.160 e. The first kappa shape index (κ1) is 15.1. The molecule has 4 rings (SSSR count). The van der Waals surface area contributed by atoms with E-state index < -0.39 is 0 Å². The van der Waals surface area contributed by atoms with Gasteiger partial charge in [-0.1, -0.05) is 6.92 Å². The minimum Gasteiger partial charge on any atom is -0.381 e. The van der Waals surface area contributed by atoms with Gasteiger partial charge in [0.25, 0.3) is 0 Å². The Morgan fingerprint density at radius 1 is 1.26 bits per heavy atom. The van der Waals surface area contributed by atoms with Crippen molar-refractivity contribution < 1.29 is 4.74 Å². The van der Waals surface area contributed by atoms with Crippen molar-refractivity contribution in [2.24, 2.45) is 5.92 Å². The van der Waals surface area contributed by atoms with Gasteiger partial charge >= 0.3 is 0 Å². The molecule has 2 fully saturated rings. The second-order valence-electron chi connectivity index (χ2n) is 6.86. The fourth-order valence-electron chi connectivity index (χ4n) is 3.96. The summed E-state index contributed by atoms with van der Waals surface area (Å²) in [6.45, 7) is 8.55. The Labute approximate surface area is 137 Å². The van der Waals surface area contributed by atoms with Crippen molar-refractivity contribution in [3.05, 3.63) is 24.2 Å². The number of ether oxygens (including phenoxy) is 1. The van der Waals surface area contributed by atoms with Gasteiger partial charge in [0.2, 0.25) is 0 Å². The van der Waals surface area contributed by atoms with Crippen molar-refractivity contribution in [1.82, 2.24) is 19.4 Å². The average molecular weight is 314 g/mol. The largest absolute Gasteiger partial charge is 0.381 e. The summed E-state index contributed by atoms with van der Waals surface area (Å²) in [4.78, 5) is 12.1. The molecule has 2 aliphatic heterocycles. The first-order valence-electron chi connectivity index (χ1n) is 8.96. The lowest BCUT2D eigenvalue weighted by molar-refractivity contribution is 0.181. The fourth-order valence-corrected chi connectivity index (χ4v) is 3.96. The lowest BCUT2D eigenvalue weighted by atomic mass is 9.95. The van der Waals surface area contributed by atoms with Crippen molar-refractivity contribution in [3.63, 3.8) is 0 Å². The van der Waals surface area contributed by atoms with Crippen LogP contribution in [-0.4, -0.2) is 52.3 Å². The number of aromatic nitrogens is 3. The molecule has 0 aromatic carbocycles. The summed E-state index contributed by atoms with van der Waals surface area (Å²) >= 11 is 0. The first-order chi connectivity index (χ1) is 11.3. The van der Waals surface area contributed by atoms with Crippen molar-refractivity contribution in [2.75, 3.05) is 32.8 Å². The highest BCUT2D eigenvalue weighted by atomic mass is 16.5. The number of fused-ring (bicyclic) bond motifs is 1. The monoisotopic (exact) mass is 314 g/mol. The Hall–Kier alpha value is -1.46. The highest BCUT2D eigenvalue weighted by Crippen LogP contribution is 2.31. The third-order valence-electron chi connectivity index (χ3n) is 5.40. The van der Waals surface area contributed by atoms with Crippen LogP contribution in [0.5, 0.6) is 0 Å². The van der Waals surface area contributed by atoms with Crippen LogP contribution in [0.2, 0.25) is 0 Å². The maximum atomic E-state index is 5.57. The lowest BCUT2D eigenvalue weighted by Gasteiger charge is -2.31. The number of piperidine rings is 1. The van der Waals surface area contributed by atoms with E-state index in [4.69, 9.17) is 9.72 Å². The Kier molecular flexibility index (Phi) is 4.31. The summed E-state index contributed by atoms with van der Waals surface area (Å²) in [5, 5.41) is 0. The number of imidazole rings is 1. The van der Waals surface area contributed by atoms with Crippen LogP contribution >= 0.6 is 0 Å². The number of pyridine rings is 1. The van der Waals surface area contributed by atoms with Crippen LogP contribution in [0, 0.1) is 5.92 Å². The zero-order valence-corrected chi connectivity index (χ0v) is 13.9. The molecule has 1 atom stereocenters. The van der Waals surface area contributed by atoms with Crippen LogP contribution in [0.15, 0.2) is 18.3 Å². The van der Waals surface area contributed by atoms with E-state index in [-0.39, 0.29) is 0 Å². The van der Waals surface area contributed by atoms with E-state index in [1.54, 1.807) is 0 Å². The van der Waals surface area contributed by atoms with Crippen molar-refractivity contribution >= 4 is 11.2 Å². The number of nitrogens with zero attached hydrogens (tertiary/aromatic N) is 4. The molecule has 2 saturated heterocycles. The molecular formula is C18H26N4O. The molecule has 5 nitrogen and oxygen atoms in total. The number of rotatable bonds is 4. The van der Waals surface area contributed by atoms with E-state index in [1.807, 2.05) is 12.3 Å². The number of likely N-dealkylation sites (tertiary alicyclic amines) is 1. The van der Waals surface area contributed by atoms with Gasteiger partial charge in [-0.05, 0) is 51.0 Å². The van der Waals surface area contributed by atoms with E-state index in [0.29, 0.717) is 11.8 Å². The molecule has 1 unspecified atom stereocenters. The predicted molar refractivity (Wildman–Crippen MR) is 90.5 cm³/mol. The topological polar surface area (TPSA) is 43.2 Å². The Bertz CT molecular complexity index is 654. The van der Waals surface area contributed by atoms with Crippen molar-refractivity contribution in [1.29, 1.82) is 0 Å². The molecule has 4 heterocycles. The zero-order chi connectivity index (χ0) is 15.6. The van der Waals surface area contributed by atoms with Crippen LogP contribution in [0.4, 0.5) is 0 Å². The van der Waals surface area contributed by atoms with Crippen LogP contribution in [0.1, 0.15) is 37.9 Å². The Balaban J connectivity index is 1.64. The van der Waals surface area contributed by atoms with Gasteiger partial charge in [0.15, 0.2) is 5.65 Å². The zero-order valence-electron chi connectivity index (χ0n) is 13.9. The molecule has 124 valence electrons. The fraction of sp³-hybridized carbons (Fsp3) is 0.667. The molecule has 0 N–H and O–H groups in total. The number of hydrogen-bond acceptors (Lipinski definition) is 4. The second-order valence-corrected chi connectivity index (χ2v) is 6.86. The minimum absolute atomic E-state index is 0.564. The van der Waals surface area contributed by atoms with E-state index in [2.05, 4.69) is 27.4 Å². The standard InChI is InChI=1S/C18H26N4O/c1-2-21-9-5-15(6-10-21)17-20-16-4-3-8-19-18(16)22(17)12-14-7-11-23-13-14/h3-4,8,14-15H,2,5-7,9-13H2,1H3. The van der Waals surface area contributed by atoms with Gasteiger partial charge in [-0.25, -0.2) is 9.97 Å². The lowest BCUT2D eigenvalue weighted by Crippen LogP contribution is -2.33. The maximum absolute atomic E-state index is 5.57. The molecule has 0 radical (unpaired) electrons. The van der Waals surface area contributed by atoms with Gasteiger partial charge < -0.3 is 14.2 Å². The normalized spacial score (nSPS) is 23.8. The molecule has 0 aliphatic carbocycles. The molecule has 0 bridgehead atoms. The summed E-state index contributed by atoms with van der Waals surface area (Å²) in [7, 11) is 0. The summed E-state index contributed by atoms with van der Waals surface area (Å²) in [6.07, 6.45) is 5.45. The average Bonchev–Trinajstić information content (AvgIpc) is 3.24. The quantitative estimate of drug-likeness (QED) is 0.870. The van der Waals surface area contributed by atoms with Gasteiger partial charge in [0.05, 0.1) is 6.61 Å². The van der Waals surface area contributed by atoms with Gasteiger partial charge in [-0.3, -0.25) is 0 Å². The van der Waals surface area contributed by atoms with Gasteiger partial charge in [0.1, 0.15) is 11.3 Å². The molecule has 2 aromatic heterocycles. The van der Waals surface area contributed by atoms with Gasteiger partial charge in [-0.15, -0.1) is 0 Å². The second kappa shape index (κ2) is 6.57. The van der Waals surface area contributed by atoms with Crippen LogP contribution in [-0.2, 0) is 11.3 Å². The summed E-state index contributed by atoms with van der Waals surface area (Å²) in [6, 6.07) is 4.08. The number of hydrogen-bond donors (Lipinski definition) is 0. The molecule has 23 heavy (non-hydrogen) atoms. The molecule has 0 amide bonds. The summed E-state index contributed by atoms with van der Waals surface area (Å²) < 4.78 is 7.96. The molecule has 0 saturated carbocycles. The van der Waals surface area contributed by atoms with E-state index in [0.717, 1.165) is 43.9 Å². The van der Waals surface area contributed by atoms with Crippen molar-refractivity contribution in [2.45, 2.75) is 38.6 Å². The molecule has 0 spiro atoms. The Morgan fingerprint density at radius 2 is 2.13 bits per heavy atom. The van der Waals surface area contributed by atoms with Gasteiger partial charge in [0, 0.05) is 31.2 Å². The first-order valence-corrected chi connectivity index (χ1v) is 8.96. The highest BCUT2D eigenvalue weighted by molar-refractivity contribution is 5.71. The van der Waals surface area contributed by atoms with E-state index in [1.165, 1.54) is 31.8 Å². The summed E-state index contributed by atoms with van der Waals surface area (Å²) in [5.74, 6) is 2.42. The van der Waals surface area contributed by atoms with Crippen molar-refractivity contribution in [3.8, 4) is 0 Å². The predicted octanol–water partition coefficient (Wildman–Crippen LogP) is 2.67. The summed E-state index contributed by atoms with van der Waals surface area (Å²) in [5.41, 5.74) is 2.09. The third kappa shape index (κ3) is 3.00. The molecule has 2 aliphatic rings. The SMILES string of the molecule is CCN1CCC(c2nc3cccnc3n2CC2CCOC2)CC1. The third-order valence-corrected chi connectivity index (χ3v) is 5.40.